The molecule has 1 aromatic carbocycles. The number of allylic oxidation sites excluding steroid dienone is 2. The van der Waals surface area contributed by atoms with Crippen LogP contribution in [0.4, 0.5) is 5.69 Å². The largest absolute Gasteiger partial charge is 0.357 e. The topological polar surface area (TPSA) is 6.48 Å². The van der Waals surface area contributed by atoms with Crippen LogP contribution in [0.5, 0.6) is 0 Å². The van der Waals surface area contributed by atoms with E-state index in [-0.39, 0.29) is 0 Å². The van der Waals surface area contributed by atoms with E-state index >= 15 is 0 Å². The van der Waals surface area contributed by atoms with Gasteiger partial charge in [-0.1, -0.05) is 47.9 Å². The van der Waals surface area contributed by atoms with Crippen LogP contribution < -0.4 is 4.90 Å². The van der Waals surface area contributed by atoms with Gasteiger partial charge in [0.1, 0.15) is 0 Å². The van der Waals surface area contributed by atoms with Crippen LogP contribution in [0.3, 0.4) is 0 Å². The minimum Gasteiger partial charge on any atom is -0.357 e. The summed E-state index contributed by atoms with van der Waals surface area (Å²) in [5, 5.41) is 0. The Morgan fingerprint density at radius 3 is 2.22 bits per heavy atom. The van der Waals surface area contributed by atoms with Crippen molar-refractivity contribution in [1.82, 2.24) is 4.90 Å². The van der Waals surface area contributed by atoms with E-state index in [0.29, 0.717) is 12.0 Å². The summed E-state index contributed by atoms with van der Waals surface area (Å²) in [6, 6.07) is 5.17. The summed E-state index contributed by atoms with van der Waals surface area (Å²) in [6.07, 6.45) is 4.78. The van der Waals surface area contributed by atoms with Gasteiger partial charge in [-0.15, -0.1) is 0 Å². The smallest absolute Gasteiger partial charge is 0.0713 e. The van der Waals surface area contributed by atoms with Crippen LogP contribution in [0.1, 0.15) is 37.5 Å². The maximum absolute atomic E-state index is 2.65. The molecule has 1 aromatic rings. The van der Waals surface area contributed by atoms with Crippen LogP contribution in [0, 0.1) is 26.7 Å². The number of hydrogen-bond donors (Lipinski definition) is 0. The van der Waals surface area contributed by atoms with Crippen molar-refractivity contribution in [3.63, 3.8) is 0 Å². The zero-order valence-corrected chi connectivity index (χ0v) is 15.5. The normalized spacial score (nSPS) is 25.6. The molecule has 0 saturated carbocycles. The van der Waals surface area contributed by atoms with E-state index in [1.807, 2.05) is 0 Å². The van der Waals surface area contributed by atoms with E-state index in [1.54, 1.807) is 0 Å². The average Bonchev–Trinajstić information content (AvgIpc) is 2.85. The third kappa shape index (κ3) is 3.10. The fourth-order valence-electron chi connectivity index (χ4n) is 4.72. The molecule has 23 heavy (non-hydrogen) atoms. The van der Waals surface area contributed by atoms with Gasteiger partial charge < -0.3 is 4.90 Å². The van der Waals surface area contributed by atoms with E-state index in [2.05, 4.69) is 75.6 Å². The van der Waals surface area contributed by atoms with Crippen molar-refractivity contribution in [3.8, 4) is 0 Å². The molecule has 1 aliphatic heterocycles. The molecule has 1 fully saturated rings. The first-order valence-electron chi connectivity index (χ1n) is 8.80. The van der Waals surface area contributed by atoms with Crippen molar-refractivity contribution < 1.29 is 0 Å². The first-order valence-corrected chi connectivity index (χ1v) is 8.80. The first kappa shape index (κ1) is 16.3. The Morgan fingerprint density at radius 1 is 0.957 bits per heavy atom. The van der Waals surface area contributed by atoms with Crippen molar-refractivity contribution in [1.29, 1.82) is 0 Å². The molecule has 1 aliphatic carbocycles. The van der Waals surface area contributed by atoms with Crippen molar-refractivity contribution in [3.05, 3.63) is 52.1 Å². The highest BCUT2D eigenvalue weighted by molar-refractivity contribution is 5.60. The van der Waals surface area contributed by atoms with Gasteiger partial charge in [0, 0.05) is 24.8 Å². The summed E-state index contributed by atoms with van der Waals surface area (Å²) < 4.78 is 0. The fraction of sp³-hybridized carbons (Fsp3) is 0.524. The van der Waals surface area contributed by atoms with Gasteiger partial charge in [-0.25, -0.2) is 0 Å². The Hall–Kier alpha value is -1.54. The molecule has 0 aromatic heterocycles. The number of benzene rings is 1. The monoisotopic (exact) mass is 310 g/mol. The lowest BCUT2D eigenvalue weighted by molar-refractivity contribution is 0.235. The molecule has 124 valence electrons. The predicted molar refractivity (Wildman–Crippen MR) is 100 cm³/mol. The number of nitrogens with zero attached hydrogens (tertiary/aromatic N) is 2. The van der Waals surface area contributed by atoms with Gasteiger partial charge in [-0.2, -0.15) is 0 Å². The van der Waals surface area contributed by atoms with Crippen molar-refractivity contribution >= 4 is 5.69 Å². The molecular formula is C21H30N2. The Kier molecular flexibility index (Phi) is 4.37. The van der Waals surface area contributed by atoms with E-state index in [0.717, 1.165) is 19.8 Å². The third-order valence-corrected chi connectivity index (χ3v) is 5.30. The highest BCUT2D eigenvalue weighted by Gasteiger charge is 2.32. The quantitative estimate of drug-likeness (QED) is 0.787. The van der Waals surface area contributed by atoms with Crippen LogP contribution in [0.15, 0.2) is 35.4 Å². The molecule has 3 rings (SSSR count). The van der Waals surface area contributed by atoms with E-state index < -0.39 is 0 Å². The first-order chi connectivity index (χ1) is 10.9. The lowest BCUT2D eigenvalue weighted by atomic mass is 9.87. The van der Waals surface area contributed by atoms with Crippen molar-refractivity contribution in [2.45, 2.75) is 47.6 Å². The maximum atomic E-state index is 2.65. The number of anilines is 1. The predicted octanol–water partition coefficient (Wildman–Crippen LogP) is 4.60. The SMILES string of the molecule is CC1=C[C@@H](C)C(N2CCN(c3c(C)cc(C)cc3C)C2)C(C)=C1. The average molecular weight is 310 g/mol. The second kappa shape index (κ2) is 6.16. The summed E-state index contributed by atoms with van der Waals surface area (Å²) in [6.45, 7) is 16.9. The Morgan fingerprint density at radius 2 is 1.61 bits per heavy atom. The van der Waals surface area contributed by atoms with Crippen LogP contribution in [-0.2, 0) is 0 Å². The summed E-state index contributed by atoms with van der Waals surface area (Å²) in [5.41, 5.74) is 8.53. The van der Waals surface area contributed by atoms with Crippen LogP contribution in [0.25, 0.3) is 0 Å². The van der Waals surface area contributed by atoms with E-state index in [4.69, 9.17) is 0 Å². The molecule has 1 heterocycles. The molecule has 0 spiro atoms. The molecule has 0 amide bonds. The minimum atomic E-state index is 0.551. The van der Waals surface area contributed by atoms with Gasteiger partial charge in [0.05, 0.1) is 6.67 Å². The summed E-state index contributed by atoms with van der Waals surface area (Å²) in [7, 11) is 0. The van der Waals surface area contributed by atoms with Crippen molar-refractivity contribution in [2.75, 3.05) is 24.7 Å². The number of hydrogen-bond acceptors (Lipinski definition) is 2. The standard InChI is InChI=1S/C21H30N2/c1-14-9-16(3)20(17(4)10-14)22-7-8-23(13-22)21-18(5)11-15(2)12-19(21)6/h9-12,16,20H,7-8,13H2,1-6H3/t16-,20?/m1/s1. The molecule has 1 unspecified atom stereocenters. The van der Waals surface area contributed by atoms with Gasteiger partial charge in [0.15, 0.2) is 0 Å². The van der Waals surface area contributed by atoms with Gasteiger partial charge in [-0.05, 0) is 51.7 Å². The lowest BCUT2D eigenvalue weighted by Crippen LogP contribution is -2.41. The molecular weight excluding hydrogens is 280 g/mol. The van der Waals surface area contributed by atoms with Gasteiger partial charge >= 0.3 is 0 Å². The van der Waals surface area contributed by atoms with Gasteiger partial charge in [0.2, 0.25) is 0 Å². The van der Waals surface area contributed by atoms with Gasteiger partial charge in [0.25, 0.3) is 0 Å². The summed E-state index contributed by atoms with van der Waals surface area (Å²) in [5.74, 6) is 0.597. The minimum absolute atomic E-state index is 0.551. The van der Waals surface area contributed by atoms with Crippen molar-refractivity contribution in [2.24, 2.45) is 5.92 Å². The molecule has 0 radical (unpaired) electrons. The van der Waals surface area contributed by atoms with Crippen LogP contribution >= 0.6 is 0 Å². The van der Waals surface area contributed by atoms with E-state index in [9.17, 15) is 0 Å². The second-order valence-electron chi connectivity index (χ2n) is 7.57. The Bertz CT molecular complexity index is 645. The molecule has 1 saturated heterocycles. The Balaban J connectivity index is 1.81. The van der Waals surface area contributed by atoms with Gasteiger partial charge in [-0.3, -0.25) is 4.90 Å². The van der Waals surface area contributed by atoms with Crippen LogP contribution in [0.2, 0.25) is 0 Å². The maximum Gasteiger partial charge on any atom is 0.0713 e. The zero-order chi connectivity index (χ0) is 16.7. The zero-order valence-electron chi connectivity index (χ0n) is 15.5. The molecule has 2 atom stereocenters. The fourth-order valence-corrected chi connectivity index (χ4v) is 4.72. The molecule has 2 heteroatoms. The highest BCUT2D eigenvalue weighted by Crippen LogP contribution is 2.33. The molecule has 0 N–H and O–H groups in total. The second-order valence-corrected chi connectivity index (χ2v) is 7.57. The summed E-state index contributed by atoms with van der Waals surface area (Å²) in [4.78, 5) is 5.22. The van der Waals surface area contributed by atoms with E-state index in [1.165, 1.54) is 33.5 Å². The Labute approximate surface area is 141 Å². The number of rotatable bonds is 2. The lowest BCUT2D eigenvalue weighted by Gasteiger charge is -2.35. The molecule has 2 nitrogen and oxygen atoms in total. The molecule has 2 aliphatic rings. The third-order valence-electron chi connectivity index (χ3n) is 5.30. The van der Waals surface area contributed by atoms with Crippen LogP contribution in [-0.4, -0.2) is 30.7 Å². The summed E-state index contributed by atoms with van der Waals surface area (Å²) >= 11 is 0. The molecule has 0 bridgehead atoms. The number of aryl methyl sites for hydroxylation is 3. The highest BCUT2D eigenvalue weighted by atomic mass is 15.4.